The molecule has 1 aliphatic rings. The van der Waals surface area contributed by atoms with Gasteiger partial charge in [-0.1, -0.05) is 19.3 Å². The van der Waals surface area contributed by atoms with E-state index >= 15 is 0 Å². The predicted octanol–water partition coefficient (Wildman–Crippen LogP) is 3.73. The number of hydrogen-bond donors (Lipinski definition) is 3. The molecule has 0 heterocycles. The lowest BCUT2D eigenvalue weighted by Gasteiger charge is -2.23. The van der Waals surface area contributed by atoms with Crippen LogP contribution in [0.3, 0.4) is 0 Å². The van der Waals surface area contributed by atoms with Crippen LogP contribution in [-0.2, 0) is 11.3 Å². The molecule has 1 aliphatic carbocycles. The van der Waals surface area contributed by atoms with E-state index in [9.17, 15) is 8.78 Å². The van der Waals surface area contributed by atoms with Crippen LogP contribution >= 0.6 is 0 Å². The fraction of sp³-hybridized carbons (Fsp3) is 0.526. The second kappa shape index (κ2) is 10.1. The van der Waals surface area contributed by atoms with Crippen LogP contribution in [-0.4, -0.2) is 25.8 Å². The van der Waals surface area contributed by atoms with E-state index in [-0.39, 0.29) is 12.2 Å². The molecule has 138 valence electrons. The summed E-state index contributed by atoms with van der Waals surface area (Å²) in [6, 6.07) is 3.44. The van der Waals surface area contributed by atoms with Gasteiger partial charge in [-0.25, -0.2) is 8.78 Å². The van der Waals surface area contributed by atoms with Crippen LogP contribution in [0.25, 0.3) is 0 Å². The van der Waals surface area contributed by atoms with Gasteiger partial charge in [0, 0.05) is 30.8 Å². The molecule has 2 rings (SSSR count). The Balaban J connectivity index is 1.96. The van der Waals surface area contributed by atoms with E-state index in [1.165, 1.54) is 44.2 Å². The Labute approximate surface area is 148 Å². The predicted molar refractivity (Wildman–Crippen MR) is 95.5 cm³/mol. The summed E-state index contributed by atoms with van der Waals surface area (Å²) in [6.45, 7) is 1.19. The highest BCUT2D eigenvalue weighted by atomic mass is 19.1. The van der Waals surface area contributed by atoms with Gasteiger partial charge in [0.1, 0.15) is 18.2 Å². The van der Waals surface area contributed by atoms with Gasteiger partial charge in [-0.15, -0.1) is 0 Å². The van der Waals surface area contributed by atoms with Crippen LogP contribution in [0.15, 0.2) is 30.2 Å². The Bertz CT molecular complexity index is 598. The largest absolute Gasteiger partial charge is 0.474 e. The van der Waals surface area contributed by atoms with Crippen LogP contribution < -0.4 is 10.6 Å². The molecule has 0 aromatic heterocycles. The van der Waals surface area contributed by atoms with Gasteiger partial charge in [-0.3, -0.25) is 0 Å². The van der Waals surface area contributed by atoms with Gasteiger partial charge in [0.2, 0.25) is 0 Å². The monoisotopic (exact) mass is 351 g/mol. The van der Waals surface area contributed by atoms with E-state index in [2.05, 4.69) is 10.6 Å². The maximum Gasteiger partial charge on any atom is 0.188 e. The molecule has 3 N–H and O–H groups in total. The first kappa shape index (κ1) is 19.4. The number of rotatable bonds is 9. The third kappa shape index (κ3) is 6.82. The second-order valence-electron chi connectivity index (χ2n) is 6.47. The third-order valence-corrected chi connectivity index (χ3v) is 4.36. The normalized spacial score (nSPS) is 15.9. The van der Waals surface area contributed by atoms with Crippen molar-refractivity contribution in [3.8, 4) is 0 Å². The smallest absolute Gasteiger partial charge is 0.188 e. The molecule has 0 unspecified atom stereocenters. The minimum Gasteiger partial charge on any atom is -0.474 e. The van der Waals surface area contributed by atoms with Crippen molar-refractivity contribution >= 4 is 5.71 Å². The highest BCUT2D eigenvalue weighted by Gasteiger charge is 2.14. The minimum absolute atomic E-state index is 0.0115. The quantitative estimate of drug-likeness (QED) is 0.469. The van der Waals surface area contributed by atoms with Gasteiger partial charge >= 0.3 is 0 Å². The van der Waals surface area contributed by atoms with Crippen LogP contribution in [0, 0.1) is 23.0 Å². The van der Waals surface area contributed by atoms with E-state index in [1.807, 2.05) is 0 Å². The molecule has 1 aromatic carbocycles. The molecule has 1 aromatic rings. The van der Waals surface area contributed by atoms with Crippen LogP contribution in [0.4, 0.5) is 8.78 Å². The van der Waals surface area contributed by atoms with Crippen molar-refractivity contribution in [2.75, 3.05) is 20.1 Å². The third-order valence-electron chi connectivity index (χ3n) is 4.36. The summed E-state index contributed by atoms with van der Waals surface area (Å²) in [6.07, 6.45) is 7.81. The fourth-order valence-electron chi connectivity index (χ4n) is 2.97. The van der Waals surface area contributed by atoms with Gasteiger partial charge in [-0.05, 0) is 37.9 Å². The van der Waals surface area contributed by atoms with Crippen molar-refractivity contribution in [2.45, 2.75) is 38.7 Å². The zero-order chi connectivity index (χ0) is 18.1. The number of benzene rings is 1. The summed E-state index contributed by atoms with van der Waals surface area (Å²) in [5, 5.41) is 14.1. The fourth-order valence-corrected chi connectivity index (χ4v) is 2.97. The second-order valence-corrected chi connectivity index (χ2v) is 6.47. The number of ether oxygens (including phenoxy) is 1. The van der Waals surface area contributed by atoms with Gasteiger partial charge in [0.15, 0.2) is 5.88 Å². The van der Waals surface area contributed by atoms with Crippen LogP contribution in [0.1, 0.15) is 37.7 Å². The summed E-state index contributed by atoms with van der Waals surface area (Å²) in [5.41, 5.74) is 0.653. The lowest BCUT2D eigenvalue weighted by molar-refractivity contribution is 0.169. The summed E-state index contributed by atoms with van der Waals surface area (Å²) in [4.78, 5) is 0. The van der Waals surface area contributed by atoms with E-state index in [0.29, 0.717) is 24.1 Å². The van der Waals surface area contributed by atoms with Crippen LogP contribution in [0.5, 0.6) is 0 Å². The Morgan fingerprint density at radius 3 is 2.72 bits per heavy atom. The summed E-state index contributed by atoms with van der Waals surface area (Å²) in [5.74, 6) is -0.184. The lowest BCUT2D eigenvalue weighted by atomic mass is 9.89. The summed E-state index contributed by atoms with van der Waals surface area (Å²) < 4.78 is 32.4. The molecule has 0 bridgehead atoms. The lowest BCUT2D eigenvalue weighted by Crippen LogP contribution is -2.27. The first-order valence-electron chi connectivity index (χ1n) is 8.83. The van der Waals surface area contributed by atoms with E-state index in [1.54, 1.807) is 13.1 Å². The van der Waals surface area contributed by atoms with E-state index < -0.39 is 11.6 Å². The molecular formula is C19H27F2N3O. The van der Waals surface area contributed by atoms with Gasteiger partial charge in [0.25, 0.3) is 0 Å². The molecule has 0 spiro atoms. The van der Waals surface area contributed by atoms with Crippen molar-refractivity contribution in [3.05, 3.63) is 47.4 Å². The highest BCUT2D eigenvalue weighted by Crippen LogP contribution is 2.23. The molecule has 0 radical (unpaired) electrons. The average molecular weight is 351 g/mol. The molecule has 25 heavy (non-hydrogen) atoms. The molecule has 4 nitrogen and oxygen atoms in total. The number of nitrogens with one attached hydrogen (secondary N) is 3. The topological polar surface area (TPSA) is 57.1 Å². The maximum absolute atomic E-state index is 13.7. The first-order chi connectivity index (χ1) is 12.1. The maximum atomic E-state index is 13.7. The van der Waals surface area contributed by atoms with Gasteiger partial charge < -0.3 is 20.8 Å². The van der Waals surface area contributed by atoms with Gasteiger partial charge in [0.05, 0.1) is 5.71 Å². The molecule has 0 atom stereocenters. The van der Waals surface area contributed by atoms with Crippen LogP contribution in [0.2, 0.25) is 0 Å². The molecule has 0 aliphatic heterocycles. The molecule has 0 amide bonds. The number of hydrogen-bond acceptors (Lipinski definition) is 4. The van der Waals surface area contributed by atoms with E-state index in [0.717, 1.165) is 12.6 Å². The summed E-state index contributed by atoms with van der Waals surface area (Å²) in [7, 11) is 1.77. The molecule has 0 saturated heterocycles. The van der Waals surface area contributed by atoms with Crippen molar-refractivity contribution in [1.82, 2.24) is 10.6 Å². The van der Waals surface area contributed by atoms with Crippen molar-refractivity contribution in [3.63, 3.8) is 0 Å². The first-order valence-corrected chi connectivity index (χ1v) is 8.83. The highest BCUT2D eigenvalue weighted by molar-refractivity contribution is 5.94. The average Bonchev–Trinajstić information content (AvgIpc) is 2.59. The zero-order valence-corrected chi connectivity index (χ0v) is 14.7. The molecule has 1 fully saturated rings. The minimum atomic E-state index is -0.628. The molecule has 6 heteroatoms. The standard InChI is InChI=1S/C19H27F2N3O/c1-23-12-17(22)10-19(24-11-14-5-3-2-4-6-14)25-13-15-7-8-16(20)9-18(15)21/h7-10,14,22-24H,2-6,11-13H2,1H3/b19-10+,22-17?. The summed E-state index contributed by atoms with van der Waals surface area (Å²) >= 11 is 0. The Kier molecular flexibility index (Phi) is 7.85. The Morgan fingerprint density at radius 2 is 2.04 bits per heavy atom. The SMILES string of the molecule is CNCC(=N)/C=C(\NCC1CCCCC1)OCc1ccc(F)cc1F. The van der Waals surface area contributed by atoms with Crippen molar-refractivity contribution in [1.29, 1.82) is 5.41 Å². The molecule has 1 saturated carbocycles. The number of halogens is 2. The Morgan fingerprint density at radius 1 is 1.28 bits per heavy atom. The molecular weight excluding hydrogens is 324 g/mol. The Hall–Kier alpha value is -1.95. The van der Waals surface area contributed by atoms with Crippen molar-refractivity contribution in [2.24, 2.45) is 5.92 Å². The van der Waals surface area contributed by atoms with E-state index in [4.69, 9.17) is 10.1 Å². The zero-order valence-electron chi connectivity index (χ0n) is 14.7. The van der Waals surface area contributed by atoms with Gasteiger partial charge in [-0.2, -0.15) is 0 Å². The van der Waals surface area contributed by atoms with Crippen molar-refractivity contribution < 1.29 is 13.5 Å².